The van der Waals surface area contributed by atoms with E-state index in [-0.39, 0.29) is 35.7 Å². The van der Waals surface area contributed by atoms with Crippen molar-refractivity contribution >= 4 is 46.6 Å². The second-order valence-corrected chi connectivity index (χ2v) is 13.7. The molecule has 3 amide bonds. The molecule has 1 aromatic rings. The van der Waals surface area contributed by atoms with Crippen LogP contribution in [0.15, 0.2) is 30.4 Å². The van der Waals surface area contributed by atoms with Gasteiger partial charge in [-0.25, -0.2) is 0 Å². The van der Waals surface area contributed by atoms with Crippen LogP contribution in [0.2, 0.25) is 10.0 Å². The van der Waals surface area contributed by atoms with Crippen molar-refractivity contribution in [1.29, 1.82) is 0 Å². The minimum atomic E-state index is -1.17. The van der Waals surface area contributed by atoms with Gasteiger partial charge in [-0.15, -0.1) is 0 Å². The molecule has 2 aliphatic carbocycles. The maximum atomic E-state index is 14.4. The minimum absolute atomic E-state index is 0.0571. The number of anilines is 1. The van der Waals surface area contributed by atoms with Crippen molar-refractivity contribution < 1.29 is 19.1 Å². The van der Waals surface area contributed by atoms with Crippen LogP contribution in [0.1, 0.15) is 65.7 Å². The van der Waals surface area contributed by atoms with Gasteiger partial charge in [-0.05, 0) is 55.2 Å². The molecule has 40 heavy (non-hydrogen) atoms. The summed E-state index contributed by atoms with van der Waals surface area (Å²) in [7, 11) is 0. The molecule has 10 atom stereocenters. The van der Waals surface area contributed by atoms with Crippen molar-refractivity contribution in [3.8, 4) is 0 Å². The van der Waals surface area contributed by atoms with Gasteiger partial charge in [0.1, 0.15) is 11.6 Å². The zero-order chi connectivity index (χ0) is 28.3. The molecule has 2 N–H and O–H groups in total. The van der Waals surface area contributed by atoms with E-state index in [1.165, 1.54) is 0 Å². The van der Waals surface area contributed by atoms with Crippen LogP contribution >= 0.6 is 23.2 Å². The molecule has 2 bridgehead atoms. The fourth-order valence-electron chi connectivity index (χ4n) is 8.17. The average molecular weight is 589 g/mol. The molecule has 2 saturated carbocycles. The standard InChI is InChI=1S/C31H39Cl2N3O4/c1-16-8-6-9-22(18(16)3)35-29(38)27-31-12-11-24(40-31)25(28(37)34-21-14-19(32)13-20(33)15-21)26(31)30(39)36(27)23-10-5-4-7-17(23)2/h11-18,22-27H,4-10H2,1-3H3,(H,34,37)(H,35,38)/t16-,17+,18+,22+,23-,24+,25-,26+,27+,31+/m1/s1. The molecule has 0 aromatic heterocycles. The predicted molar refractivity (Wildman–Crippen MR) is 155 cm³/mol. The van der Waals surface area contributed by atoms with E-state index in [0.29, 0.717) is 27.6 Å². The van der Waals surface area contributed by atoms with Gasteiger partial charge in [0.05, 0.1) is 17.9 Å². The summed E-state index contributed by atoms with van der Waals surface area (Å²) in [4.78, 5) is 44.3. The lowest BCUT2D eigenvalue weighted by Crippen LogP contribution is -2.60. The van der Waals surface area contributed by atoms with Gasteiger partial charge in [-0.3, -0.25) is 14.4 Å². The van der Waals surface area contributed by atoms with Gasteiger partial charge in [-0.2, -0.15) is 0 Å². The van der Waals surface area contributed by atoms with Gasteiger partial charge in [0.15, 0.2) is 0 Å². The number of fused-ring (bicyclic) bond motifs is 1. The Balaban J connectivity index is 1.34. The van der Waals surface area contributed by atoms with Crippen LogP contribution < -0.4 is 10.6 Å². The van der Waals surface area contributed by atoms with Crippen molar-refractivity contribution in [1.82, 2.24) is 10.2 Å². The van der Waals surface area contributed by atoms with Gasteiger partial charge < -0.3 is 20.3 Å². The number of carbonyl (C=O) groups is 3. The number of likely N-dealkylation sites (tertiary alicyclic amines) is 1. The average Bonchev–Trinajstić information content (AvgIpc) is 3.54. The zero-order valence-corrected chi connectivity index (χ0v) is 24.9. The van der Waals surface area contributed by atoms with Gasteiger partial charge >= 0.3 is 0 Å². The predicted octanol–water partition coefficient (Wildman–Crippen LogP) is 5.60. The number of nitrogens with zero attached hydrogens (tertiary/aromatic N) is 1. The second kappa shape index (κ2) is 10.6. The summed E-state index contributed by atoms with van der Waals surface area (Å²) in [6.07, 6.45) is 10.3. The van der Waals surface area contributed by atoms with Crippen LogP contribution in [0.4, 0.5) is 5.69 Å². The molecule has 3 heterocycles. The third-order valence-corrected chi connectivity index (χ3v) is 10.9. The number of ether oxygens (including phenoxy) is 1. The Bertz CT molecular complexity index is 1220. The molecule has 7 nitrogen and oxygen atoms in total. The van der Waals surface area contributed by atoms with Crippen LogP contribution in [0.3, 0.4) is 0 Å². The Morgan fingerprint density at radius 1 is 0.950 bits per heavy atom. The summed E-state index contributed by atoms with van der Waals surface area (Å²) < 4.78 is 6.55. The zero-order valence-electron chi connectivity index (χ0n) is 23.4. The molecule has 1 aromatic carbocycles. The maximum Gasteiger partial charge on any atom is 0.246 e. The molecule has 9 heteroatoms. The van der Waals surface area contributed by atoms with Crippen LogP contribution in [-0.2, 0) is 19.1 Å². The van der Waals surface area contributed by atoms with Crippen molar-refractivity contribution in [3.05, 3.63) is 40.4 Å². The molecule has 6 rings (SSSR count). The van der Waals surface area contributed by atoms with Crippen molar-refractivity contribution in [2.75, 3.05) is 5.32 Å². The summed E-state index contributed by atoms with van der Waals surface area (Å²) in [5.74, 6) is -1.04. The molecule has 0 radical (unpaired) electrons. The van der Waals surface area contributed by atoms with Crippen LogP contribution in [0.5, 0.6) is 0 Å². The smallest absolute Gasteiger partial charge is 0.246 e. The highest BCUT2D eigenvalue weighted by molar-refractivity contribution is 6.35. The molecule has 4 fully saturated rings. The Kier molecular flexibility index (Phi) is 7.46. The number of hydrogen-bond donors (Lipinski definition) is 2. The Hall–Kier alpha value is -2.09. The third kappa shape index (κ3) is 4.57. The van der Waals surface area contributed by atoms with Crippen LogP contribution in [0, 0.1) is 29.6 Å². The highest BCUT2D eigenvalue weighted by Gasteiger charge is 2.73. The topological polar surface area (TPSA) is 87.7 Å². The number of hydrogen-bond acceptors (Lipinski definition) is 4. The summed E-state index contributed by atoms with van der Waals surface area (Å²) in [5.41, 5.74) is -0.707. The lowest BCUT2D eigenvalue weighted by Gasteiger charge is -2.42. The lowest BCUT2D eigenvalue weighted by atomic mass is 9.73. The van der Waals surface area contributed by atoms with Gasteiger partial charge in [0.25, 0.3) is 0 Å². The number of benzene rings is 1. The number of carbonyl (C=O) groups excluding carboxylic acids is 3. The van der Waals surface area contributed by atoms with E-state index >= 15 is 0 Å². The highest BCUT2D eigenvalue weighted by Crippen LogP contribution is 2.56. The normalized spacial score (nSPS) is 40.3. The molecule has 216 valence electrons. The molecule has 0 unspecified atom stereocenters. The maximum absolute atomic E-state index is 14.4. The summed E-state index contributed by atoms with van der Waals surface area (Å²) in [5, 5.41) is 7.07. The molecule has 3 aliphatic heterocycles. The molecular formula is C31H39Cl2N3O4. The Morgan fingerprint density at radius 2 is 1.65 bits per heavy atom. The Labute approximate surface area is 246 Å². The first-order valence-electron chi connectivity index (χ1n) is 14.9. The van der Waals surface area contributed by atoms with Crippen molar-refractivity contribution in [2.45, 2.75) is 95.5 Å². The highest BCUT2D eigenvalue weighted by atomic mass is 35.5. The number of amides is 3. The van der Waals surface area contributed by atoms with E-state index < -0.39 is 29.6 Å². The van der Waals surface area contributed by atoms with Crippen molar-refractivity contribution in [3.63, 3.8) is 0 Å². The first-order chi connectivity index (χ1) is 19.1. The van der Waals surface area contributed by atoms with Gasteiger partial charge in [0, 0.05) is 27.8 Å². The van der Waals surface area contributed by atoms with E-state index in [2.05, 4.69) is 31.4 Å². The molecule has 2 saturated heterocycles. The summed E-state index contributed by atoms with van der Waals surface area (Å²) in [6.45, 7) is 6.62. The number of rotatable bonds is 5. The Morgan fingerprint density at radius 3 is 2.38 bits per heavy atom. The SMILES string of the molecule is C[C@H]1[C@H](C)CCC[C@@H]1NC(=O)[C@@H]1N([C@@H]2CCCC[C@@H]2C)C(=O)[C@@H]2[C@H](C(=O)Nc3cc(Cl)cc(Cl)c3)[C@@H]3C=C[C@]21O3. The first-order valence-corrected chi connectivity index (χ1v) is 15.6. The fraction of sp³-hybridized carbons (Fsp3) is 0.645. The van der Waals surface area contributed by atoms with Crippen molar-refractivity contribution in [2.24, 2.45) is 29.6 Å². The lowest BCUT2D eigenvalue weighted by molar-refractivity contribution is -0.146. The summed E-state index contributed by atoms with van der Waals surface area (Å²) >= 11 is 12.3. The quantitative estimate of drug-likeness (QED) is 0.439. The van der Waals surface area contributed by atoms with E-state index in [0.717, 1.165) is 44.9 Å². The monoisotopic (exact) mass is 587 g/mol. The van der Waals surface area contributed by atoms with E-state index in [1.807, 2.05) is 17.1 Å². The first kappa shape index (κ1) is 28.0. The molecule has 5 aliphatic rings. The second-order valence-electron chi connectivity index (χ2n) is 12.8. The molecular weight excluding hydrogens is 549 g/mol. The van der Waals surface area contributed by atoms with E-state index in [1.54, 1.807) is 18.2 Å². The van der Waals surface area contributed by atoms with Gasteiger partial charge in [0.2, 0.25) is 17.7 Å². The van der Waals surface area contributed by atoms with Gasteiger partial charge in [-0.1, -0.05) is 81.8 Å². The number of nitrogens with one attached hydrogen (secondary N) is 2. The van der Waals surface area contributed by atoms with Crippen LogP contribution in [-0.4, -0.2) is 52.5 Å². The largest absolute Gasteiger partial charge is 0.359 e. The van der Waals surface area contributed by atoms with E-state index in [4.69, 9.17) is 27.9 Å². The third-order valence-electron chi connectivity index (χ3n) is 10.5. The summed E-state index contributed by atoms with van der Waals surface area (Å²) in [6, 6.07) is 4.03. The fourth-order valence-corrected chi connectivity index (χ4v) is 8.70. The number of halogens is 2. The minimum Gasteiger partial charge on any atom is -0.359 e. The van der Waals surface area contributed by atoms with Crippen LogP contribution in [0.25, 0.3) is 0 Å². The van der Waals surface area contributed by atoms with E-state index in [9.17, 15) is 14.4 Å². The molecule has 1 spiro atoms.